The minimum Gasteiger partial charge on any atom is -0.495 e. The summed E-state index contributed by atoms with van der Waals surface area (Å²) in [5, 5.41) is 3.12. The van der Waals surface area contributed by atoms with Crippen LogP contribution in [0.4, 0.5) is 4.39 Å². The van der Waals surface area contributed by atoms with Gasteiger partial charge >= 0.3 is 0 Å². The number of hydrogen-bond donors (Lipinski definition) is 0. The molecule has 0 atom stereocenters. The lowest BCUT2D eigenvalue weighted by atomic mass is 9.93. The molecule has 9 heteroatoms. The zero-order valence-electron chi connectivity index (χ0n) is 16.6. The van der Waals surface area contributed by atoms with Crippen LogP contribution in [0.15, 0.2) is 28.5 Å². The van der Waals surface area contributed by atoms with E-state index in [1.807, 2.05) is 0 Å². The first kappa shape index (κ1) is 21.2. The first-order chi connectivity index (χ1) is 13.1. The molecular formula is C19H26FN3O3S2. The Labute approximate surface area is 170 Å². The molecule has 1 aromatic carbocycles. The highest BCUT2D eigenvalue weighted by Crippen LogP contribution is 2.29. The van der Waals surface area contributed by atoms with Crippen LogP contribution in [0.25, 0.3) is 0 Å². The number of hydrogen-bond acceptors (Lipinski definition) is 6. The zero-order valence-corrected chi connectivity index (χ0v) is 18.2. The van der Waals surface area contributed by atoms with Crippen LogP contribution in [0.3, 0.4) is 0 Å². The van der Waals surface area contributed by atoms with Gasteiger partial charge in [-0.15, -0.1) is 11.3 Å². The van der Waals surface area contributed by atoms with Crippen LogP contribution in [0.2, 0.25) is 0 Å². The number of ether oxygens (including phenoxy) is 1. The first-order valence-electron chi connectivity index (χ1n) is 9.12. The highest BCUT2D eigenvalue weighted by Gasteiger charge is 2.31. The van der Waals surface area contributed by atoms with Gasteiger partial charge in [0, 0.05) is 37.0 Å². The van der Waals surface area contributed by atoms with E-state index in [0.29, 0.717) is 32.7 Å². The van der Waals surface area contributed by atoms with Crippen molar-refractivity contribution in [2.45, 2.75) is 37.6 Å². The Morgan fingerprint density at radius 3 is 2.46 bits per heavy atom. The van der Waals surface area contributed by atoms with Crippen molar-refractivity contribution in [1.29, 1.82) is 0 Å². The fourth-order valence-electron chi connectivity index (χ4n) is 3.04. The first-order valence-corrected chi connectivity index (χ1v) is 11.4. The van der Waals surface area contributed by atoms with Crippen LogP contribution < -0.4 is 4.74 Å². The van der Waals surface area contributed by atoms with E-state index in [0.717, 1.165) is 16.8 Å². The lowest BCUT2D eigenvalue weighted by Gasteiger charge is -2.33. The van der Waals surface area contributed by atoms with Crippen molar-refractivity contribution in [1.82, 2.24) is 14.2 Å². The molecule has 0 aliphatic carbocycles. The summed E-state index contributed by atoms with van der Waals surface area (Å²) < 4.78 is 46.0. The highest BCUT2D eigenvalue weighted by atomic mass is 32.2. The molecule has 3 rings (SSSR count). The molecule has 1 aromatic heterocycles. The predicted octanol–water partition coefficient (Wildman–Crippen LogP) is 3.09. The maximum atomic E-state index is 13.6. The Kier molecular flexibility index (Phi) is 6.09. The third-order valence-electron chi connectivity index (χ3n) is 4.75. The molecule has 1 fully saturated rings. The lowest BCUT2D eigenvalue weighted by molar-refractivity contribution is 0.181. The van der Waals surface area contributed by atoms with Crippen molar-refractivity contribution < 1.29 is 17.5 Å². The summed E-state index contributed by atoms with van der Waals surface area (Å²) >= 11 is 1.64. The fraction of sp³-hybridized carbons (Fsp3) is 0.526. The van der Waals surface area contributed by atoms with Crippen LogP contribution in [-0.2, 0) is 22.0 Å². The van der Waals surface area contributed by atoms with Gasteiger partial charge < -0.3 is 4.74 Å². The standard InChI is InChI=1S/C19H26FN3O3S2/c1-19(2,3)17-13-27-18(21-17)12-22-7-9-23(10-8-22)28(24,25)16-11-14(20)5-6-15(16)26-4/h5-6,11,13H,7-10,12H2,1-4H3. The lowest BCUT2D eigenvalue weighted by Crippen LogP contribution is -2.48. The van der Waals surface area contributed by atoms with Gasteiger partial charge in [-0.3, -0.25) is 4.90 Å². The number of rotatable bonds is 5. The van der Waals surface area contributed by atoms with Gasteiger partial charge in [-0.05, 0) is 18.2 Å². The molecule has 2 heterocycles. The largest absolute Gasteiger partial charge is 0.495 e. The summed E-state index contributed by atoms with van der Waals surface area (Å²) in [5.41, 5.74) is 1.10. The van der Waals surface area contributed by atoms with Crippen LogP contribution in [0.1, 0.15) is 31.5 Å². The number of halogens is 1. The van der Waals surface area contributed by atoms with E-state index >= 15 is 0 Å². The van der Waals surface area contributed by atoms with Gasteiger partial charge in [0.05, 0.1) is 19.3 Å². The number of nitrogens with zero attached hydrogens (tertiary/aromatic N) is 3. The third-order valence-corrected chi connectivity index (χ3v) is 7.51. The van der Waals surface area contributed by atoms with Gasteiger partial charge in [-0.1, -0.05) is 20.8 Å². The SMILES string of the molecule is COc1ccc(F)cc1S(=O)(=O)N1CCN(Cc2nc(C(C)(C)C)cs2)CC1. The molecule has 1 aliphatic heterocycles. The van der Waals surface area contributed by atoms with E-state index in [-0.39, 0.29) is 16.1 Å². The third kappa shape index (κ3) is 4.53. The molecule has 1 aliphatic rings. The van der Waals surface area contributed by atoms with Gasteiger partial charge in [0.25, 0.3) is 0 Å². The van der Waals surface area contributed by atoms with Gasteiger partial charge in [-0.25, -0.2) is 17.8 Å². The van der Waals surface area contributed by atoms with Crippen molar-refractivity contribution in [2.75, 3.05) is 33.3 Å². The van der Waals surface area contributed by atoms with E-state index < -0.39 is 15.8 Å². The molecule has 0 unspecified atom stereocenters. The van der Waals surface area contributed by atoms with E-state index in [2.05, 4.69) is 31.1 Å². The maximum absolute atomic E-state index is 13.6. The Balaban J connectivity index is 1.66. The highest BCUT2D eigenvalue weighted by molar-refractivity contribution is 7.89. The second kappa shape index (κ2) is 8.06. The summed E-state index contributed by atoms with van der Waals surface area (Å²) in [5.74, 6) is -0.447. The quantitative estimate of drug-likeness (QED) is 0.734. The Hall–Kier alpha value is -1.55. The number of sulfonamides is 1. The van der Waals surface area contributed by atoms with Crippen LogP contribution >= 0.6 is 11.3 Å². The van der Waals surface area contributed by atoms with Crippen molar-refractivity contribution in [2.24, 2.45) is 0 Å². The molecule has 0 bridgehead atoms. The van der Waals surface area contributed by atoms with Crippen LogP contribution in [0.5, 0.6) is 5.75 Å². The molecule has 154 valence electrons. The van der Waals surface area contributed by atoms with Gasteiger partial charge in [0.2, 0.25) is 10.0 Å². The van der Waals surface area contributed by atoms with Gasteiger partial charge in [0.15, 0.2) is 0 Å². The summed E-state index contributed by atoms with van der Waals surface area (Å²) in [6.07, 6.45) is 0. The summed E-state index contributed by atoms with van der Waals surface area (Å²) in [4.78, 5) is 6.78. The molecule has 0 amide bonds. The minimum atomic E-state index is -3.81. The molecule has 0 saturated carbocycles. The molecule has 2 aromatic rings. The Morgan fingerprint density at radius 1 is 1.21 bits per heavy atom. The van der Waals surface area contributed by atoms with E-state index in [9.17, 15) is 12.8 Å². The summed E-state index contributed by atoms with van der Waals surface area (Å²) in [6.45, 7) is 9.00. The molecule has 0 radical (unpaired) electrons. The number of benzene rings is 1. The van der Waals surface area contributed by atoms with E-state index in [1.165, 1.54) is 23.5 Å². The van der Waals surface area contributed by atoms with Gasteiger partial charge in [-0.2, -0.15) is 4.31 Å². The van der Waals surface area contributed by atoms with Crippen molar-refractivity contribution in [3.05, 3.63) is 40.1 Å². The van der Waals surface area contributed by atoms with Crippen LogP contribution in [-0.4, -0.2) is 55.9 Å². The van der Waals surface area contributed by atoms with Crippen molar-refractivity contribution in [3.63, 3.8) is 0 Å². The molecule has 0 N–H and O–H groups in total. The van der Waals surface area contributed by atoms with E-state index in [4.69, 9.17) is 9.72 Å². The van der Waals surface area contributed by atoms with Crippen molar-refractivity contribution >= 4 is 21.4 Å². The monoisotopic (exact) mass is 427 g/mol. The molecule has 0 spiro atoms. The topological polar surface area (TPSA) is 62.7 Å². The predicted molar refractivity (Wildman–Crippen MR) is 108 cm³/mol. The molecule has 28 heavy (non-hydrogen) atoms. The number of methoxy groups -OCH3 is 1. The Morgan fingerprint density at radius 2 is 1.89 bits per heavy atom. The van der Waals surface area contributed by atoms with Crippen LogP contribution in [0, 0.1) is 5.82 Å². The molecular weight excluding hydrogens is 401 g/mol. The number of aromatic nitrogens is 1. The van der Waals surface area contributed by atoms with E-state index in [1.54, 1.807) is 11.3 Å². The average molecular weight is 428 g/mol. The van der Waals surface area contributed by atoms with Gasteiger partial charge in [0.1, 0.15) is 21.5 Å². The second-order valence-corrected chi connectivity index (χ2v) is 10.7. The number of thiazole rings is 1. The second-order valence-electron chi connectivity index (χ2n) is 7.85. The fourth-order valence-corrected chi connectivity index (χ4v) is 5.69. The molecule has 6 nitrogen and oxygen atoms in total. The average Bonchev–Trinajstić information content (AvgIpc) is 3.11. The maximum Gasteiger partial charge on any atom is 0.246 e. The number of piperazine rings is 1. The summed E-state index contributed by atoms with van der Waals surface area (Å²) in [6, 6.07) is 3.55. The summed E-state index contributed by atoms with van der Waals surface area (Å²) in [7, 11) is -2.43. The molecule has 1 saturated heterocycles. The minimum absolute atomic E-state index is 0.0194. The Bertz CT molecular complexity index is 930. The normalized spacial score (nSPS) is 17.0. The van der Waals surface area contributed by atoms with Crippen molar-refractivity contribution in [3.8, 4) is 5.75 Å². The smallest absolute Gasteiger partial charge is 0.246 e. The zero-order chi connectivity index (χ0) is 20.5.